The second-order valence-corrected chi connectivity index (χ2v) is 5.12. The van der Waals surface area contributed by atoms with Gasteiger partial charge in [0.25, 0.3) is 0 Å². The number of hydrogen-bond donors (Lipinski definition) is 1. The highest BCUT2D eigenvalue weighted by Gasteiger charge is 2.15. The van der Waals surface area contributed by atoms with E-state index < -0.39 is 0 Å². The Morgan fingerprint density at radius 1 is 1.35 bits per heavy atom. The van der Waals surface area contributed by atoms with Crippen molar-refractivity contribution in [2.45, 2.75) is 33.6 Å². The van der Waals surface area contributed by atoms with E-state index in [9.17, 15) is 5.11 Å². The molecule has 4 nitrogen and oxygen atoms in total. The van der Waals surface area contributed by atoms with Gasteiger partial charge < -0.3 is 9.84 Å². The van der Waals surface area contributed by atoms with E-state index in [-0.39, 0.29) is 13.2 Å². The van der Waals surface area contributed by atoms with E-state index in [1.54, 1.807) is 22.9 Å². The van der Waals surface area contributed by atoms with Gasteiger partial charge in [0.15, 0.2) is 0 Å². The van der Waals surface area contributed by atoms with E-state index in [4.69, 9.17) is 27.9 Å². The van der Waals surface area contributed by atoms with E-state index >= 15 is 0 Å². The molecule has 0 unspecified atom stereocenters. The van der Waals surface area contributed by atoms with Crippen LogP contribution in [0.4, 0.5) is 0 Å². The lowest BCUT2D eigenvalue weighted by molar-refractivity contribution is 0.255. The number of nitrogens with zero attached hydrogens (tertiary/aromatic N) is 2. The zero-order chi connectivity index (χ0) is 14.7. The molecule has 6 heteroatoms. The number of ether oxygens (including phenoxy) is 1. The molecule has 20 heavy (non-hydrogen) atoms. The number of rotatable bonds is 5. The summed E-state index contributed by atoms with van der Waals surface area (Å²) in [5, 5.41) is 14.7. The quantitative estimate of drug-likeness (QED) is 0.917. The van der Waals surface area contributed by atoms with Crippen molar-refractivity contribution in [3.05, 3.63) is 45.2 Å². The van der Waals surface area contributed by atoms with E-state index in [1.165, 1.54) is 0 Å². The van der Waals surface area contributed by atoms with Crippen molar-refractivity contribution in [2.24, 2.45) is 0 Å². The number of aromatic nitrogens is 2. The maximum absolute atomic E-state index is 9.32. The highest BCUT2D eigenvalue weighted by atomic mass is 35.5. The average Bonchev–Trinajstić information content (AvgIpc) is 2.72. The van der Waals surface area contributed by atoms with Crippen LogP contribution in [0.5, 0.6) is 5.75 Å². The molecule has 0 amide bonds. The topological polar surface area (TPSA) is 47.3 Å². The maximum Gasteiger partial charge on any atom is 0.143 e. The zero-order valence-electron chi connectivity index (χ0n) is 11.4. The van der Waals surface area contributed by atoms with Crippen LogP contribution in [0.2, 0.25) is 10.0 Å². The first-order chi connectivity index (χ1) is 9.58. The number of halogens is 2. The number of aliphatic hydroxyl groups is 1. The highest BCUT2D eigenvalue weighted by Crippen LogP contribution is 2.30. The first kappa shape index (κ1) is 15.2. The van der Waals surface area contributed by atoms with Crippen LogP contribution in [0.1, 0.15) is 23.9 Å². The molecule has 1 heterocycles. The van der Waals surface area contributed by atoms with Gasteiger partial charge in [-0.3, -0.25) is 4.68 Å². The molecule has 2 rings (SSSR count). The Morgan fingerprint density at radius 3 is 2.75 bits per heavy atom. The van der Waals surface area contributed by atoms with Crippen LogP contribution in [-0.2, 0) is 19.8 Å². The molecule has 0 aliphatic rings. The number of benzene rings is 1. The summed E-state index contributed by atoms with van der Waals surface area (Å²) in [7, 11) is 0. The second-order valence-electron chi connectivity index (χ2n) is 4.34. The van der Waals surface area contributed by atoms with Crippen molar-refractivity contribution in [3.8, 4) is 5.75 Å². The normalized spacial score (nSPS) is 10.8. The third kappa shape index (κ3) is 2.92. The zero-order valence-corrected chi connectivity index (χ0v) is 12.9. The molecule has 2 aromatic rings. The number of hydrogen-bond acceptors (Lipinski definition) is 3. The van der Waals surface area contributed by atoms with Crippen LogP contribution in [0.3, 0.4) is 0 Å². The van der Waals surface area contributed by atoms with Crippen molar-refractivity contribution in [1.29, 1.82) is 0 Å². The molecule has 108 valence electrons. The van der Waals surface area contributed by atoms with Gasteiger partial charge in [-0.1, -0.05) is 35.3 Å². The van der Waals surface area contributed by atoms with Crippen LogP contribution in [0.15, 0.2) is 18.2 Å². The lowest BCUT2D eigenvalue weighted by Gasteiger charge is -2.12. The van der Waals surface area contributed by atoms with Gasteiger partial charge in [-0.25, -0.2) is 0 Å². The SMILES string of the molecule is CCn1nc(C)c(Cl)c1COc1c(Cl)cccc1CO. The van der Waals surface area contributed by atoms with E-state index in [2.05, 4.69) is 5.10 Å². The molecule has 0 radical (unpaired) electrons. The van der Waals surface area contributed by atoms with Gasteiger partial charge in [0.05, 0.1) is 28.0 Å². The van der Waals surface area contributed by atoms with E-state index in [1.807, 2.05) is 13.8 Å². The summed E-state index contributed by atoms with van der Waals surface area (Å²) < 4.78 is 7.54. The molecule has 0 aliphatic carbocycles. The third-order valence-electron chi connectivity index (χ3n) is 3.02. The highest BCUT2D eigenvalue weighted by molar-refractivity contribution is 6.32. The van der Waals surface area contributed by atoms with Crippen molar-refractivity contribution in [2.75, 3.05) is 0 Å². The Hall–Kier alpha value is -1.23. The number of aryl methyl sites for hydroxylation is 2. The molecular weight excluding hydrogens is 299 g/mol. The maximum atomic E-state index is 9.32. The fraction of sp³-hybridized carbons (Fsp3) is 0.357. The fourth-order valence-corrected chi connectivity index (χ4v) is 2.43. The minimum absolute atomic E-state index is 0.129. The van der Waals surface area contributed by atoms with Gasteiger partial charge in [0, 0.05) is 12.1 Å². The van der Waals surface area contributed by atoms with Gasteiger partial charge in [0.2, 0.25) is 0 Å². The molecule has 0 bridgehead atoms. The molecular formula is C14H16Cl2N2O2. The van der Waals surface area contributed by atoms with Gasteiger partial charge in [-0.2, -0.15) is 5.10 Å². The molecule has 0 aliphatic heterocycles. The van der Waals surface area contributed by atoms with Crippen molar-refractivity contribution < 1.29 is 9.84 Å². The van der Waals surface area contributed by atoms with Crippen LogP contribution in [0.25, 0.3) is 0 Å². The van der Waals surface area contributed by atoms with E-state index in [0.717, 1.165) is 11.4 Å². The number of aliphatic hydroxyl groups excluding tert-OH is 1. The molecule has 0 saturated carbocycles. The molecule has 0 saturated heterocycles. The lowest BCUT2D eigenvalue weighted by atomic mass is 10.2. The summed E-state index contributed by atoms with van der Waals surface area (Å²) in [6.45, 7) is 4.68. The molecule has 1 N–H and O–H groups in total. The van der Waals surface area contributed by atoms with Gasteiger partial charge in [-0.05, 0) is 19.9 Å². The van der Waals surface area contributed by atoms with E-state index in [0.29, 0.717) is 27.9 Å². The summed E-state index contributed by atoms with van der Waals surface area (Å²) in [5.74, 6) is 0.481. The van der Waals surface area contributed by atoms with Crippen molar-refractivity contribution in [1.82, 2.24) is 9.78 Å². The Morgan fingerprint density at radius 2 is 2.10 bits per heavy atom. The minimum Gasteiger partial charge on any atom is -0.485 e. The van der Waals surface area contributed by atoms with Crippen LogP contribution in [0, 0.1) is 6.92 Å². The summed E-state index contributed by atoms with van der Waals surface area (Å²) in [6, 6.07) is 5.26. The Labute approximate surface area is 127 Å². The standard InChI is InChI=1S/C14H16Cl2N2O2/c1-3-18-12(13(16)9(2)17-18)8-20-14-10(7-19)5-4-6-11(14)15/h4-6,19H,3,7-8H2,1-2H3. The van der Waals surface area contributed by atoms with Gasteiger partial charge >= 0.3 is 0 Å². The summed E-state index contributed by atoms with van der Waals surface area (Å²) in [5.41, 5.74) is 2.22. The first-order valence-corrected chi connectivity index (χ1v) is 7.06. The summed E-state index contributed by atoms with van der Waals surface area (Å²) >= 11 is 12.3. The predicted molar refractivity (Wildman–Crippen MR) is 79.4 cm³/mol. The molecule has 0 fully saturated rings. The van der Waals surface area contributed by atoms with Gasteiger partial charge in [-0.15, -0.1) is 0 Å². The summed E-state index contributed by atoms with van der Waals surface area (Å²) in [6.07, 6.45) is 0. The third-order valence-corrected chi connectivity index (χ3v) is 3.81. The molecule has 1 aromatic heterocycles. The van der Waals surface area contributed by atoms with Crippen LogP contribution >= 0.6 is 23.2 Å². The smallest absolute Gasteiger partial charge is 0.143 e. The Kier molecular flexibility index (Phi) is 4.91. The Bertz CT molecular complexity index is 611. The van der Waals surface area contributed by atoms with Crippen molar-refractivity contribution >= 4 is 23.2 Å². The minimum atomic E-state index is -0.129. The second kappa shape index (κ2) is 6.48. The largest absolute Gasteiger partial charge is 0.485 e. The fourth-order valence-electron chi connectivity index (χ4n) is 1.99. The summed E-state index contributed by atoms with van der Waals surface area (Å²) in [4.78, 5) is 0. The average molecular weight is 315 g/mol. The van der Waals surface area contributed by atoms with Crippen LogP contribution in [-0.4, -0.2) is 14.9 Å². The van der Waals surface area contributed by atoms with Gasteiger partial charge in [0.1, 0.15) is 12.4 Å². The number of para-hydroxylation sites is 1. The lowest BCUT2D eigenvalue weighted by Crippen LogP contribution is -2.07. The molecule has 1 aromatic carbocycles. The monoisotopic (exact) mass is 314 g/mol. The Balaban J connectivity index is 2.25. The molecule has 0 atom stereocenters. The van der Waals surface area contributed by atoms with Crippen molar-refractivity contribution in [3.63, 3.8) is 0 Å². The predicted octanol–water partition coefficient (Wildman–Crippen LogP) is 3.59. The van der Waals surface area contributed by atoms with Crippen LogP contribution < -0.4 is 4.74 Å². The first-order valence-electron chi connectivity index (χ1n) is 6.31. The molecule has 0 spiro atoms.